The summed E-state index contributed by atoms with van der Waals surface area (Å²) < 4.78 is 93.8. The van der Waals surface area contributed by atoms with Crippen LogP contribution in [0, 0.1) is 23.4 Å². The number of benzene rings is 2. The van der Waals surface area contributed by atoms with Crippen molar-refractivity contribution in [3.05, 3.63) is 58.9 Å². The van der Waals surface area contributed by atoms with Gasteiger partial charge in [0.1, 0.15) is 11.9 Å². The predicted octanol–water partition coefficient (Wildman–Crippen LogP) is 4.29. The predicted molar refractivity (Wildman–Crippen MR) is 108 cm³/mol. The molecule has 0 aromatic heterocycles. The molecule has 0 bridgehead atoms. The van der Waals surface area contributed by atoms with Crippen molar-refractivity contribution >= 4 is 17.5 Å². The van der Waals surface area contributed by atoms with Crippen LogP contribution in [0.2, 0.25) is 0 Å². The number of hydrogen-bond donors (Lipinski definition) is 2. The smallest absolute Gasteiger partial charge is 0.417 e. The second-order valence-corrected chi connectivity index (χ2v) is 7.99. The Balaban J connectivity index is 2.08. The summed E-state index contributed by atoms with van der Waals surface area (Å²) in [5, 5.41) is 2.26. The number of anilines is 1. The highest BCUT2D eigenvalue weighted by Gasteiger charge is 2.65. The molecule has 0 spiro atoms. The van der Waals surface area contributed by atoms with Crippen molar-refractivity contribution in [2.45, 2.75) is 37.6 Å². The lowest BCUT2D eigenvalue weighted by atomic mass is 9.77. The summed E-state index contributed by atoms with van der Waals surface area (Å²) in [7, 11) is 1.00. The van der Waals surface area contributed by atoms with Crippen molar-refractivity contribution in [1.29, 1.82) is 0 Å². The summed E-state index contributed by atoms with van der Waals surface area (Å²) in [6, 6.07) is 4.53. The molecule has 0 aliphatic carbocycles. The van der Waals surface area contributed by atoms with Crippen LogP contribution in [0.4, 0.5) is 32.0 Å². The van der Waals surface area contributed by atoms with Crippen LogP contribution in [-0.2, 0) is 9.53 Å². The van der Waals surface area contributed by atoms with E-state index in [1.165, 1.54) is 0 Å². The Morgan fingerprint density at radius 1 is 1.12 bits per heavy atom. The van der Waals surface area contributed by atoms with Gasteiger partial charge in [0.15, 0.2) is 17.2 Å². The first-order valence-corrected chi connectivity index (χ1v) is 9.89. The zero-order chi connectivity index (χ0) is 25.6. The molecule has 1 aliphatic heterocycles. The highest BCUT2D eigenvalue weighted by Crippen LogP contribution is 2.55. The van der Waals surface area contributed by atoms with E-state index in [0.717, 1.165) is 45.2 Å². The van der Waals surface area contributed by atoms with Crippen molar-refractivity contribution < 1.29 is 45.4 Å². The maximum Gasteiger partial charge on any atom is 0.417 e. The largest absolute Gasteiger partial charge is 0.493 e. The van der Waals surface area contributed by atoms with E-state index in [1.807, 2.05) is 0 Å². The van der Waals surface area contributed by atoms with Crippen LogP contribution in [-0.4, -0.2) is 36.8 Å². The van der Waals surface area contributed by atoms with E-state index in [-0.39, 0.29) is 11.3 Å². The average Bonchev–Trinajstić information content (AvgIpc) is 3.03. The molecule has 1 heterocycles. The molecule has 4 atom stereocenters. The molecule has 3 rings (SSSR count). The Labute approximate surface area is 190 Å². The van der Waals surface area contributed by atoms with E-state index in [4.69, 9.17) is 15.2 Å². The molecule has 2 aromatic carbocycles. The first kappa shape index (κ1) is 25.3. The summed E-state index contributed by atoms with van der Waals surface area (Å²) in [5.41, 5.74) is 1.32. The molecular weight excluding hydrogens is 470 g/mol. The van der Waals surface area contributed by atoms with Crippen LogP contribution >= 0.6 is 0 Å². The van der Waals surface area contributed by atoms with Crippen LogP contribution < -0.4 is 15.8 Å². The third kappa shape index (κ3) is 4.17. The summed E-state index contributed by atoms with van der Waals surface area (Å²) in [6.45, 7) is 1.91. The molecule has 2 amide bonds. The van der Waals surface area contributed by atoms with E-state index in [1.54, 1.807) is 0 Å². The van der Waals surface area contributed by atoms with Crippen molar-refractivity contribution in [1.82, 2.24) is 0 Å². The second-order valence-electron chi connectivity index (χ2n) is 7.99. The first-order chi connectivity index (χ1) is 15.7. The van der Waals surface area contributed by atoms with Crippen molar-refractivity contribution in [2.24, 2.45) is 11.7 Å². The van der Waals surface area contributed by atoms with Crippen molar-refractivity contribution in [3.63, 3.8) is 0 Å². The Hall–Kier alpha value is -3.28. The molecule has 0 radical (unpaired) electrons. The van der Waals surface area contributed by atoms with Crippen molar-refractivity contribution in [3.8, 4) is 5.75 Å². The van der Waals surface area contributed by atoms with Gasteiger partial charge in [0, 0.05) is 23.1 Å². The van der Waals surface area contributed by atoms with Crippen LogP contribution in [0.3, 0.4) is 0 Å². The number of rotatable bonds is 5. The number of hydrogen-bond acceptors (Lipinski definition) is 4. The fourth-order valence-electron chi connectivity index (χ4n) is 4.05. The van der Waals surface area contributed by atoms with Crippen LogP contribution in [0.15, 0.2) is 30.3 Å². The third-order valence-electron chi connectivity index (χ3n) is 6.07. The molecular formula is C22H20F6N2O4. The quantitative estimate of drug-likeness (QED) is 0.612. The molecule has 34 heavy (non-hydrogen) atoms. The number of methoxy groups -OCH3 is 1. The molecule has 2 aromatic rings. The van der Waals surface area contributed by atoms with Crippen molar-refractivity contribution in [2.75, 3.05) is 12.4 Å². The molecule has 12 heteroatoms. The van der Waals surface area contributed by atoms with Gasteiger partial charge in [0.25, 0.3) is 11.8 Å². The maximum atomic E-state index is 14.4. The summed E-state index contributed by atoms with van der Waals surface area (Å²) in [6.07, 6.45) is -6.77. The Bertz CT molecular complexity index is 1140. The number of ether oxygens (including phenoxy) is 2. The minimum atomic E-state index is -4.93. The zero-order valence-corrected chi connectivity index (χ0v) is 18.1. The molecule has 184 valence electrons. The number of primary amides is 1. The number of amides is 2. The normalized spacial score (nSPS) is 24.7. The van der Waals surface area contributed by atoms with Crippen LogP contribution in [0.25, 0.3) is 0 Å². The molecule has 1 saturated heterocycles. The second kappa shape index (κ2) is 8.82. The average molecular weight is 490 g/mol. The minimum absolute atomic E-state index is 0.145. The highest BCUT2D eigenvalue weighted by atomic mass is 19.4. The number of halogens is 6. The van der Waals surface area contributed by atoms with E-state index < -0.39 is 70.3 Å². The number of nitrogens with two attached hydrogens (primary N) is 1. The molecule has 0 unspecified atom stereocenters. The van der Waals surface area contributed by atoms with Gasteiger partial charge in [-0.15, -0.1) is 0 Å². The van der Waals surface area contributed by atoms with Gasteiger partial charge in [-0.05, 0) is 31.2 Å². The highest BCUT2D eigenvalue weighted by molar-refractivity contribution is 5.98. The standard InChI is InChI=1S/C22H20F6N2O4/c1-9-15(11-5-7-14(24)16(25)17(11)33-3)18(34-21(9,2)22(26,27)28)20(32)30-10-4-6-13(23)12(8-10)19(29)31/h4-9,15,18H,1-3H3,(H2,29,31)(H,30,32)/t9-,15+,18+,21+/m0/s1. The van der Waals surface area contributed by atoms with E-state index in [9.17, 15) is 35.9 Å². The SMILES string of the molecule is COc1c([C@@H]2[C@H](C(=O)Nc3ccc(F)c(C(N)=O)c3)O[C@@](C)(C(F)(F)F)[C@H]2C)ccc(F)c1F. The van der Waals surface area contributed by atoms with Gasteiger partial charge >= 0.3 is 6.18 Å². The maximum absolute atomic E-state index is 14.4. The lowest BCUT2D eigenvalue weighted by Crippen LogP contribution is -2.47. The van der Waals surface area contributed by atoms with Crippen LogP contribution in [0.1, 0.15) is 35.7 Å². The lowest BCUT2D eigenvalue weighted by molar-refractivity contribution is -0.272. The van der Waals surface area contributed by atoms with E-state index in [0.29, 0.717) is 6.07 Å². The summed E-state index contributed by atoms with van der Waals surface area (Å²) >= 11 is 0. The minimum Gasteiger partial charge on any atom is -0.493 e. The lowest BCUT2D eigenvalue weighted by Gasteiger charge is -2.32. The fourth-order valence-corrected chi connectivity index (χ4v) is 4.05. The Morgan fingerprint density at radius 3 is 2.29 bits per heavy atom. The van der Waals surface area contributed by atoms with E-state index >= 15 is 0 Å². The summed E-state index contributed by atoms with van der Waals surface area (Å²) in [4.78, 5) is 24.4. The van der Waals surface area contributed by atoms with Gasteiger partial charge in [-0.25, -0.2) is 8.78 Å². The Kier molecular flexibility index (Phi) is 6.57. The van der Waals surface area contributed by atoms with Gasteiger partial charge in [-0.3, -0.25) is 9.59 Å². The molecule has 6 nitrogen and oxygen atoms in total. The van der Waals surface area contributed by atoms with Gasteiger partial charge in [0.2, 0.25) is 5.82 Å². The molecule has 3 N–H and O–H groups in total. The Morgan fingerprint density at radius 2 is 1.74 bits per heavy atom. The topological polar surface area (TPSA) is 90.6 Å². The molecule has 1 fully saturated rings. The molecule has 0 saturated carbocycles. The summed E-state index contributed by atoms with van der Waals surface area (Å²) in [5.74, 6) is -9.46. The monoisotopic (exact) mass is 490 g/mol. The van der Waals surface area contributed by atoms with Gasteiger partial charge in [0.05, 0.1) is 12.7 Å². The number of alkyl halides is 3. The van der Waals surface area contributed by atoms with E-state index in [2.05, 4.69) is 5.32 Å². The number of carbonyl (C=O) groups is 2. The van der Waals surface area contributed by atoms with Gasteiger partial charge in [-0.1, -0.05) is 13.0 Å². The third-order valence-corrected chi connectivity index (χ3v) is 6.07. The van der Waals surface area contributed by atoms with Gasteiger partial charge < -0.3 is 20.5 Å². The zero-order valence-electron chi connectivity index (χ0n) is 18.1. The fraction of sp³-hybridized carbons (Fsp3) is 0.364. The number of nitrogens with one attached hydrogen (secondary N) is 1. The molecule has 1 aliphatic rings. The number of carbonyl (C=O) groups excluding carboxylic acids is 2. The van der Waals surface area contributed by atoms with Crippen LogP contribution in [0.5, 0.6) is 5.75 Å². The first-order valence-electron chi connectivity index (χ1n) is 9.89. The van der Waals surface area contributed by atoms with Gasteiger partial charge in [-0.2, -0.15) is 17.6 Å².